The number of aliphatic hydroxyl groups excluding tert-OH is 1. The Kier molecular flexibility index (Phi) is 4.59. The third-order valence-corrected chi connectivity index (χ3v) is 4.12. The quantitative estimate of drug-likeness (QED) is 0.747. The molecule has 1 saturated heterocycles. The van der Waals surface area contributed by atoms with Gasteiger partial charge in [0.05, 0.1) is 6.10 Å². The van der Waals surface area contributed by atoms with Gasteiger partial charge in [0.25, 0.3) is 0 Å². The van der Waals surface area contributed by atoms with E-state index >= 15 is 0 Å². The number of likely N-dealkylation sites (tertiary alicyclic amines) is 1. The number of alkyl halides is 1. The zero-order valence-electron chi connectivity index (χ0n) is 10.1. The summed E-state index contributed by atoms with van der Waals surface area (Å²) in [6, 6.07) is 0.132. The zero-order chi connectivity index (χ0) is 11.4. The highest BCUT2D eigenvalue weighted by Gasteiger charge is 2.30. The smallest absolute Gasteiger partial charge is 0.116 e. The lowest BCUT2D eigenvalue weighted by Crippen LogP contribution is -2.47. The Morgan fingerprint density at radius 2 is 1.50 bits per heavy atom. The Bertz CT molecular complexity index is 204. The van der Waals surface area contributed by atoms with E-state index in [1.165, 1.54) is 19.3 Å². The molecule has 1 heterocycles. The van der Waals surface area contributed by atoms with E-state index in [1.54, 1.807) is 0 Å². The maximum absolute atomic E-state index is 14.1. The fraction of sp³-hybridized carbons (Fsp3) is 1.00. The molecule has 2 aliphatic rings. The first-order chi connectivity index (χ1) is 7.77. The predicted molar refractivity (Wildman–Crippen MR) is 63.2 cm³/mol. The molecule has 16 heavy (non-hydrogen) atoms. The van der Waals surface area contributed by atoms with Gasteiger partial charge in [-0.3, -0.25) is 4.90 Å². The van der Waals surface area contributed by atoms with E-state index in [4.69, 9.17) is 0 Å². The van der Waals surface area contributed by atoms with Gasteiger partial charge < -0.3 is 5.11 Å². The van der Waals surface area contributed by atoms with Crippen LogP contribution >= 0.6 is 0 Å². The summed E-state index contributed by atoms with van der Waals surface area (Å²) >= 11 is 0. The van der Waals surface area contributed by atoms with Crippen LogP contribution in [0.25, 0.3) is 0 Å². The lowest BCUT2D eigenvalue weighted by Gasteiger charge is -2.38. The molecule has 2 nitrogen and oxygen atoms in total. The second-order valence-electron chi connectivity index (χ2n) is 5.34. The second kappa shape index (κ2) is 5.97. The fourth-order valence-corrected chi connectivity index (χ4v) is 3.05. The maximum atomic E-state index is 14.1. The molecule has 0 amide bonds. The fourth-order valence-electron chi connectivity index (χ4n) is 3.05. The summed E-state index contributed by atoms with van der Waals surface area (Å²) in [5.74, 6) is 0. The van der Waals surface area contributed by atoms with Crippen LogP contribution in [0.1, 0.15) is 51.4 Å². The van der Waals surface area contributed by atoms with Gasteiger partial charge in [0, 0.05) is 19.1 Å². The Morgan fingerprint density at radius 1 is 0.875 bits per heavy atom. The number of piperidine rings is 1. The van der Waals surface area contributed by atoms with Crippen LogP contribution in [0, 0.1) is 0 Å². The predicted octanol–water partition coefficient (Wildman–Crippen LogP) is 2.50. The summed E-state index contributed by atoms with van der Waals surface area (Å²) in [6.45, 7) is 1.76. The first-order valence-electron chi connectivity index (χ1n) is 6.83. The number of nitrogens with zero attached hydrogens (tertiary/aromatic N) is 1. The summed E-state index contributed by atoms with van der Waals surface area (Å²) in [5.41, 5.74) is 0. The van der Waals surface area contributed by atoms with Gasteiger partial charge in [-0.25, -0.2) is 4.39 Å². The molecule has 0 radical (unpaired) electrons. The zero-order valence-corrected chi connectivity index (χ0v) is 10.1. The van der Waals surface area contributed by atoms with E-state index < -0.39 is 6.17 Å². The van der Waals surface area contributed by atoms with Gasteiger partial charge in [-0.2, -0.15) is 0 Å². The molecule has 0 spiro atoms. The van der Waals surface area contributed by atoms with Crippen molar-refractivity contribution in [2.45, 2.75) is 69.7 Å². The van der Waals surface area contributed by atoms with Gasteiger partial charge >= 0.3 is 0 Å². The molecule has 1 aliphatic heterocycles. The van der Waals surface area contributed by atoms with Crippen molar-refractivity contribution >= 4 is 0 Å². The van der Waals surface area contributed by atoms with Gasteiger partial charge in [-0.15, -0.1) is 0 Å². The Hall–Kier alpha value is -0.150. The topological polar surface area (TPSA) is 23.5 Å². The van der Waals surface area contributed by atoms with Crippen LogP contribution in [-0.2, 0) is 0 Å². The molecular formula is C13H24FNO. The third kappa shape index (κ3) is 3.17. The molecule has 2 atom stereocenters. The SMILES string of the molecule is OC1CCN(C2CCCCCCC2F)CC1. The lowest BCUT2D eigenvalue weighted by molar-refractivity contribution is 0.0258. The summed E-state index contributed by atoms with van der Waals surface area (Å²) in [6.07, 6.45) is 7.29. The van der Waals surface area contributed by atoms with Crippen LogP contribution < -0.4 is 0 Å². The van der Waals surface area contributed by atoms with E-state index in [1.807, 2.05) is 0 Å². The molecule has 1 saturated carbocycles. The van der Waals surface area contributed by atoms with Gasteiger partial charge in [0.1, 0.15) is 6.17 Å². The molecule has 2 unspecified atom stereocenters. The van der Waals surface area contributed by atoms with Crippen molar-refractivity contribution in [3.05, 3.63) is 0 Å². The second-order valence-corrected chi connectivity index (χ2v) is 5.34. The minimum Gasteiger partial charge on any atom is -0.393 e. The molecule has 0 aromatic rings. The van der Waals surface area contributed by atoms with Crippen molar-refractivity contribution in [2.75, 3.05) is 13.1 Å². The number of rotatable bonds is 1. The van der Waals surface area contributed by atoms with Crippen LogP contribution in [0.4, 0.5) is 4.39 Å². The molecule has 1 aliphatic carbocycles. The summed E-state index contributed by atoms with van der Waals surface area (Å²) < 4.78 is 14.1. The van der Waals surface area contributed by atoms with Crippen LogP contribution in [0.5, 0.6) is 0 Å². The van der Waals surface area contributed by atoms with Crippen LogP contribution in [0.2, 0.25) is 0 Å². The van der Waals surface area contributed by atoms with Gasteiger partial charge in [0.15, 0.2) is 0 Å². The summed E-state index contributed by atoms with van der Waals surface area (Å²) in [4.78, 5) is 2.28. The van der Waals surface area contributed by atoms with Gasteiger partial charge in [0.2, 0.25) is 0 Å². The van der Waals surface area contributed by atoms with Crippen molar-refractivity contribution < 1.29 is 9.50 Å². The highest BCUT2D eigenvalue weighted by Crippen LogP contribution is 2.26. The molecular weight excluding hydrogens is 205 g/mol. The Labute approximate surface area is 97.8 Å². The highest BCUT2D eigenvalue weighted by atomic mass is 19.1. The average Bonchev–Trinajstić information content (AvgIpc) is 2.26. The van der Waals surface area contributed by atoms with Crippen molar-refractivity contribution in [2.24, 2.45) is 0 Å². The van der Waals surface area contributed by atoms with E-state index in [0.717, 1.165) is 45.2 Å². The van der Waals surface area contributed by atoms with Crippen molar-refractivity contribution in [3.8, 4) is 0 Å². The van der Waals surface area contributed by atoms with Crippen LogP contribution in [0.3, 0.4) is 0 Å². The number of hydrogen-bond donors (Lipinski definition) is 1. The monoisotopic (exact) mass is 229 g/mol. The van der Waals surface area contributed by atoms with E-state index in [9.17, 15) is 9.50 Å². The molecule has 2 rings (SSSR count). The molecule has 3 heteroatoms. The van der Waals surface area contributed by atoms with Gasteiger partial charge in [-0.1, -0.05) is 25.7 Å². The Balaban J connectivity index is 1.89. The summed E-state index contributed by atoms with van der Waals surface area (Å²) in [5, 5.41) is 9.47. The lowest BCUT2D eigenvalue weighted by atomic mass is 9.92. The third-order valence-electron chi connectivity index (χ3n) is 4.12. The first kappa shape index (κ1) is 12.3. The minimum absolute atomic E-state index is 0.132. The van der Waals surface area contributed by atoms with Crippen molar-refractivity contribution in [1.29, 1.82) is 0 Å². The first-order valence-corrected chi connectivity index (χ1v) is 6.83. The summed E-state index contributed by atoms with van der Waals surface area (Å²) in [7, 11) is 0. The molecule has 0 aromatic carbocycles. The van der Waals surface area contributed by atoms with Crippen LogP contribution in [0.15, 0.2) is 0 Å². The molecule has 1 N–H and O–H groups in total. The van der Waals surface area contributed by atoms with Crippen molar-refractivity contribution in [1.82, 2.24) is 4.90 Å². The molecule has 94 valence electrons. The molecule has 0 bridgehead atoms. The number of aliphatic hydroxyl groups is 1. The normalized spacial score (nSPS) is 35.6. The van der Waals surface area contributed by atoms with Gasteiger partial charge in [-0.05, 0) is 25.7 Å². The number of hydrogen-bond acceptors (Lipinski definition) is 2. The van der Waals surface area contributed by atoms with Crippen molar-refractivity contribution in [3.63, 3.8) is 0 Å². The number of halogens is 1. The largest absolute Gasteiger partial charge is 0.393 e. The standard InChI is InChI=1S/C13H24FNO/c14-12-5-3-1-2-4-6-13(12)15-9-7-11(16)8-10-15/h11-13,16H,1-10H2. The maximum Gasteiger partial charge on any atom is 0.116 e. The molecule has 0 aromatic heterocycles. The highest BCUT2D eigenvalue weighted by molar-refractivity contribution is 4.84. The van der Waals surface area contributed by atoms with E-state index in [-0.39, 0.29) is 12.1 Å². The minimum atomic E-state index is -0.643. The van der Waals surface area contributed by atoms with Crippen LogP contribution in [-0.4, -0.2) is 41.4 Å². The van der Waals surface area contributed by atoms with E-state index in [0.29, 0.717) is 0 Å². The molecule has 2 fully saturated rings. The average molecular weight is 229 g/mol. The Morgan fingerprint density at radius 3 is 2.19 bits per heavy atom. The van der Waals surface area contributed by atoms with E-state index in [2.05, 4.69) is 4.90 Å².